The van der Waals surface area contributed by atoms with Crippen LogP contribution in [-0.2, 0) is 14.3 Å². The third-order valence-corrected chi connectivity index (χ3v) is 12.7. The lowest BCUT2D eigenvalue weighted by molar-refractivity contribution is -0.143. The van der Waals surface area contributed by atoms with Crippen molar-refractivity contribution in [2.75, 3.05) is 13.2 Å². The van der Waals surface area contributed by atoms with Crippen molar-refractivity contribution < 1.29 is 24.5 Å². The molecule has 0 rings (SSSR count). The summed E-state index contributed by atoms with van der Waals surface area (Å²) in [7, 11) is 0. The van der Waals surface area contributed by atoms with Crippen LogP contribution in [0.2, 0.25) is 0 Å². The molecule has 0 aliphatic rings. The average molecular weight is 886 g/mol. The number of hydrogen-bond acceptors (Lipinski definition) is 5. The predicted molar refractivity (Wildman–Crippen MR) is 273 cm³/mol. The van der Waals surface area contributed by atoms with E-state index in [0.717, 1.165) is 70.6 Å². The van der Waals surface area contributed by atoms with Gasteiger partial charge < -0.3 is 20.3 Å². The van der Waals surface area contributed by atoms with Crippen LogP contribution in [0.4, 0.5) is 0 Å². The number of allylic oxidation sites excluding steroid dienone is 5. The van der Waals surface area contributed by atoms with E-state index in [1.165, 1.54) is 193 Å². The molecule has 6 nitrogen and oxygen atoms in total. The van der Waals surface area contributed by atoms with Gasteiger partial charge in [-0.05, 0) is 64.2 Å². The first-order chi connectivity index (χ1) is 31.0. The van der Waals surface area contributed by atoms with E-state index in [1.807, 2.05) is 6.08 Å². The van der Waals surface area contributed by atoms with Crippen LogP contribution < -0.4 is 5.32 Å². The molecule has 0 bridgehead atoms. The van der Waals surface area contributed by atoms with Crippen LogP contribution in [0.25, 0.3) is 0 Å². The Morgan fingerprint density at radius 3 is 1.22 bits per heavy atom. The van der Waals surface area contributed by atoms with E-state index in [-0.39, 0.29) is 18.5 Å². The lowest BCUT2D eigenvalue weighted by Crippen LogP contribution is -2.45. The predicted octanol–water partition coefficient (Wildman–Crippen LogP) is 16.9. The number of nitrogens with one attached hydrogen (secondary N) is 1. The molecule has 0 heterocycles. The summed E-state index contributed by atoms with van der Waals surface area (Å²) in [6.07, 6.45) is 64.3. The molecule has 0 aromatic heterocycles. The Bertz CT molecular complexity index is 1020. The van der Waals surface area contributed by atoms with Gasteiger partial charge in [-0.15, -0.1) is 0 Å². The smallest absolute Gasteiger partial charge is 0.305 e. The molecular weight excluding hydrogens is 779 g/mol. The number of unbranched alkanes of at least 4 members (excludes halogenated alkanes) is 36. The molecule has 6 heteroatoms. The van der Waals surface area contributed by atoms with Gasteiger partial charge >= 0.3 is 5.97 Å². The monoisotopic (exact) mass is 886 g/mol. The van der Waals surface area contributed by atoms with Crippen molar-refractivity contribution in [1.82, 2.24) is 5.32 Å². The van der Waals surface area contributed by atoms with E-state index in [4.69, 9.17) is 4.74 Å². The Morgan fingerprint density at radius 1 is 0.444 bits per heavy atom. The van der Waals surface area contributed by atoms with Crippen molar-refractivity contribution in [3.63, 3.8) is 0 Å². The molecule has 0 saturated carbocycles. The van der Waals surface area contributed by atoms with Gasteiger partial charge in [0.25, 0.3) is 0 Å². The van der Waals surface area contributed by atoms with Crippen molar-refractivity contribution >= 4 is 11.9 Å². The lowest BCUT2D eigenvalue weighted by atomic mass is 10.0. The maximum atomic E-state index is 12.5. The molecule has 3 N–H and O–H groups in total. The summed E-state index contributed by atoms with van der Waals surface area (Å²) in [6.45, 7) is 4.85. The molecule has 370 valence electrons. The van der Waals surface area contributed by atoms with Crippen LogP contribution in [0.1, 0.15) is 290 Å². The van der Waals surface area contributed by atoms with Crippen LogP contribution in [-0.4, -0.2) is 47.4 Å². The molecule has 0 aliphatic heterocycles. The highest BCUT2D eigenvalue weighted by Crippen LogP contribution is 2.16. The van der Waals surface area contributed by atoms with Crippen LogP contribution in [0.15, 0.2) is 36.5 Å². The Labute approximate surface area is 392 Å². The number of rotatable bonds is 51. The number of amides is 1. The van der Waals surface area contributed by atoms with Crippen molar-refractivity contribution in [3.05, 3.63) is 36.5 Å². The molecule has 0 saturated heterocycles. The fourth-order valence-corrected chi connectivity index (χ4v) is 8.37. The number of hydrogen-bond donors (Lipinski definition) is 3. The Kier molecular flexibility index (Phi) is 51.1. The van der Waals surface area contributed by atoms with Gasteiger partial charge in [0.2, 0.25) is 5.91 Å². The summed E-state index contributed by atoms with van der Waals surface area (Å²) in [5.74, 6) is -0.108. The largest absolute Gasteiger partial charge is 0.466 e. The second-order valence-corrected chi connectivity index (χ2v) is 18.9. The highest BCUT2D eigenvalue weighted by Gasteiger charge is 2.18. The number of carbonyl (C=O) groups excluding carboxylic acids is 2. The van der Waals surface area contributed by atoms with Crippen LogP contribution in [0, 0.1) is 0 Å². The molecule has 0 aromatic carbocycles. The number of aliphatic hydroxyl groups excluding tert-OH is 2. The van der Waals surface area contributed by atoms with Gasteiger partial charge in [-0.2, -0.15) is 0 Å². The van der Waals surface area contributed by atoms with E-state index >= 15 is 0 Å². The molecule has 0 aromatic rings. The van der Waals surface area contributed by atoms with Gasteiger partial charge in [-0.1, -0.05) is 249 Å². The molecule has 0 aliphatic carbocycles. The van der Waals surface area contributed by atoms with E-state index < -0.39 is 12.1 Å². The zero-order chi connectivity index (χ0) is 45.8. The summed E-state index contributed by atoms with van der Waals surface area (Å²) < 4.78 is 5.46. The van der Waals surface area contributed by atoms with E-state index in [2.05, 4.69) is 43.5 Å². The first kappa shape index (κ1) is 61.1. The van der Waals surface area contributed by atoms with Gasteiger partial charge in [-0.25, -0.2) is 0 Å². The van der Waals surface area contributed by atoms with Crippen molar-refractivity contribution in [3.8, 4) is 0 Å². The molecular formula is C57H107NO5. The van der Waals surface area contributed by atoms with Crippen LogP contribution in [0.3, 0.4) is 0 Å². The van der Waals surface area contributed by atoms with E-state index in [0.29, 0.717) is 19.4 Å². The minimum Gasteiger partial charge on any atom is -0.466 e. The fraction of sp³-hybridized carbons (Fsp3) is 0.860. The second-order valence-electron chi connectivity index (χ2n) is 18.9. The van der Waals surface area contributed by atoms with Gasteiger partial charge in [0.05, 0.1) is 25.4 Å². The van der Waals surface area contributed by atoms with Gasteiger partial charge in [0.15, 0.2) is 0 Å². The lowest BCUT2D eigenvalue weighted by Gasteiger charge is -2.20. The third-order valence-electron chi connectivity index (χ3n) is 12.7. The zero-order valence-corrected chi connectivity index (χ0v) is 42.1. The number of esters is 1. The van der Waals surface area contributed by atoms with Crippen molar-refractivity contribution in [1.29, 1.82) is 0 Å². The molecule has 0 spiro atoms. The Hall–Kier alpha value is -1.92. The van der Waals surface area contributed by atoms with Crippen LogP contribution in [0.5, 0.6) is 0 Å². The number of aliphatic hydroxyl groups is 2. The molecule has 0 fully saturated rings. The highest BCUT2D eigenvalue weighted by molar-refractivity contribution is 5.76. The SMILES string of the molecule is CCCCCC/C=C\C/C=C\CCCCCCCC(=O)OCCCCCCCCCCCCCCC(=O)NC(CO)C(O)/C=C/CCCCCCCCCCCCCCCCCC. The summed E-state index contributed by atoms with van der Waals surface area (Å²) in [5.41, 5.74) is 0. The Morgan fingerprint density at radius 2 is 0.794 bits per heavy atom. The summed E-state index contributed by atoms with van der Waals surface area (Å²) in [4.78, 5) is 24.5. The molecule has 2 atom stereocenters. The maximum Gasteiger partial charge on any atom is 0.305 e. The quantitative estimate of drug-likeness (QED) is 0.0321. The van der Waals surface area contributed by atoms with E-state index in [9.17, 15) is 19.8 Å². The third kappa shape index (κ3) is 49.4. The summed E-state index contributed by atoms with van der Waals surface area (Å²) >= 11 is 0. The van der Waals surface area contributed by atoms with Gasteiger partial charge in [0, 0.05) is 12.8 Å². The second kappa shape index (κ2) is 52.7. The maximum absolute atomic E-state index is 12.5. The van der Waals surface area contributed by atoms with Crippen molar-refractivity contribution in [2.24, 2.45) is 0 Å². The molecule has 63 heavy (non-hydrogen) atoms. The molecule has 0 radical (unpaired) electrons. The number of ether oxygens (including phenoxy) is 1. The zero-order valence-electron chi connectivity index (χ0n) is 42.1. The first-order valence-corrected chi connectivity index (χ1v) is 27.8. The number of carbonyl (C=O) groups is 2. The normalized spacial score (nSPS) is 12.9. The summed E-state index contributed by atoms with van der Waals surface area (Å²) in [5, 5.41) is 23.1. The Balaban J connectivity index is 3.51. The standard InChI is InChI=1S/C57H107NO5/c1-3-5-7-9-11-13-15-17-19-21-22-23-25-29-33-37-41-45-49-55(60)54(53-59)58-56(61)50-46-42-38-34-30-27-28-32-36-40-44-48-52-63-57(62)51-47-43-39-35-31-26-24-20-18-16-14-12-10-8-6-4-2/h14,16,20,24,45,49,54-55,59-60H,3-13,15,17-19,21-23,25-44,46-48,50-53H2,1-2H3,(H,58,61)/b16-14-,24-20-,49-45+. The minimum absolute atomic E-state index is 0.0243. The van der Waals surface area contributed by atoms with Crippen LogP contribution >= 0.6 is 0 Å². The van der Waals surface area contributed by atoms with E-state index in [1.54, 1.807) is 6.08 Å². The topological polar surface area (TPSA) is 95.9 Å². The first-order valence-electron chi connectivity index (χ1n) is 27.8. The van der Waals surface area contributed by atoms with Crippen molar-refractivity contribution in [2.45, 2.75) is 302 Å². The fourth-order valence-electron chi connectivity index (χ4n) is 8.37. The highest BCUT2D eigenvalue weighted by atomic mass is 16.5. The molecule has 1 amide bonds. The van der Waals surface area contributed by atoms with Gasteiger partial charge in [0.1, 0.15) is 0 Å². The minimum atomic E-state index is -0.856. The molecule has 2 unspecified atom stereocenters. The average Bonchev–Trinajstić information content (AvgIpc) is 3.28. The summed E-state index contributed by atoms with van der Waals surface area (Å²) in [6, 6.07) is -0.641. The van der Waals surface area contributed by atoms with Gasteiger partial charge in [-0.3, -0.25) is 9.59 Å².